The highest BCUT2D eigenvalue weighted by Crippen LogP contribution is 2.40. The molecule has 1 aliphatic carbocycles. The molecule has 0 aliphatic heterocycles. The highest BCUT2D eigenvalue weighted by Gasteiger charge is 2.30. The van der Waals surface area contributed by atoms with E-state index in [4.69, 9.17) is 15.8 Å². The molecule has 2 N–H and O–H groups in total. The number of fused-ring (bicyclic) bond motifs is 3. The van der Waals surface area contributed by atoms with Gasteiger partial charge in [0.2, 0.25) is 0 Å². The van der Waals surface area contributed by atoms with Gasteiger partial charge in [-0.15, -0.1) is 11.5 Å². The Morgan fingerprint density at radius 3 is 2.76 bits per heavy atom. The van der Waals surface area contributed by atoms with Crippen LogP contribution in [-0.2, 0) is 17.5 Å². The van der Waals surface area contributed by atoms with Crippen LogP contribution < -0.4 is 10.5 Å². The van der Waals surface area contributed by atoms with E-state index in [-0.39, 0.29) is 30.3 Å². The molecule has 0 radical (unpaired) electrons. The first-order chi connectivity index (χ1) is 20.1. The summed E-state index contributed by atoms with van der Waals surface area (Å²) in [5.74, 6) is 2.21. The smallest absolute Gasteiger partial charge is 0.337 e. The van der Waals surface area contributed by atoms with Gasteiger partial charge in [0.1, 0.15) is 11.3 Å². The number of aromatic amines is 1. The van der Waals surface area contributed by atoms with Crippen LogP contribution in [0.5, 0.6) is 0 Å². The van der Waals surface area contributed by atoms with Gasteiger partial charge in [0.05, 0.1) is 46.9 Å². The van der Waals surface area contributed by atoms with Gasteiger partial charge in [-0.1, -0.05) is 23.3 Å². The maximum absolute atomic E-state index is 13.1. The zero-order valence-electron chi connectivity index (χ0n) is 23.6. The lowest BCUT2D eigenvalue weighted by molar-refractivity contribution is 0.0697. The molecule has 0 spiro atoms. The van der Waals surface area contributed by atoms with Crippen molar-refractivity contribution < 1.29 is 14.3 Å². The maximum Gasteiger partial charge on any atom is 0.337 e. The minimum atomic E-state index is -1.77. The number of hydrogen-bond acceptors (Lipinski definition) is 7. The van der Waals surface area contributed by atoms with E-state index in [9.17, 15) is 14.7 Å². The number of carboxylic acids is 1. The monoisotopic (exact) mass is 578 g/mol. The summed E-state index contributed by atoms with van der Waals surface area (Å²) >= 11 is 0. The van der Waals surface area contributed by atoms with Crippen LogP contribution in [0.3, 0.4) is 0 Å². The van der Waals surface area contributed by atoms with Crippen molar-refractivity contribution in [3.8, 4) is 18.0 Å². The molecule has 2 heterocycles. The average molecular weight is 579 g/mol. The van der Waals surface area contributed by atoms with Crippen LogP contribution in [0, 0.1) is 12.3 Å². The molecule has 1 aliphatic rings. The van der Waals surface area contributed by atoms with Crippen molar-refractivity contribution in [1.29, 1.82) is 0 Å². The van der Waals surface area contributed by atoms with Crippen molar-refractivity contribution in [1.82, 2.24) is 25.0 Å². The molecule has 3 aromatic carbocycles. The first-order valence-corrected chi connectivity index (χ1v) is 17.1. The lowest BCUT2D eigenvalue weighted by atomic mass is 10.0. The molecule has 11 heteroatoms. The molecule has 0 unspecified atom stereocenters. The zero-order chi connectivity index (χ0) is 29.6. The van der Waals surface area contributed by atoms with Crippen molar-refractivity contribution in [2.45, 2.75) is 45.1 Å². The zero-order valence-corrected chi connectivity index (χ0v) is 24.6. The predicted octanol–water partition coefficient (Wildman–Crippen LogP) is 4.83. The third-order valence-electron chi connectivity index (χ3n) is 7.46. The maximum atomic E-state index is 13.1. The third kappa shape index (κ3) is 5.06. The Labute approximate surface area is 243 Å². The number of H-pyrrole nitrogens is 1. The number of benzene rings is 3. The number of aromatic nitrogens is 5. The topological polar surface area (TPSA) is 126 Å². The van der Waals surface area contributed by atoms with Crippen LogP contribution in [0.15, 0.2) is 59.4 Å². The summed E-state index contributed by atoms with van der Waals surface area (Å²) in [6.07, 6.45) is 7.41. The van der Waals surface area contributed by atoms with Crippen LogP contribution in [0.4, 0.5) is 5.69 Å². The second-order valence-electron chi connectivity index (χ2n) is 11.4. The number of carbonyl (C=O) groups is 1. The van der Waals surface area contributed by atoms with Crippen molar-refractivity contribution in [3.63, 3.8) is 0 Å². The summed E-state index contributed by atoms with van der Waals surface area (Å²) in [5, 5.41) is 19.0. The number of terminal acetylenes is 1. The number of hydrogen-bond donors (Lipinski definition) is 2. The van der Waals surface area contributed by atoms with E-state index >= 15 is 0 Å². The van der Waals surface area contributed by atoms with Gasteiger partial charge in [-0.2, -0.15) is 0 Å². The molecular weight excluding hydrogens is 548 g/mol. The van der Waals surface area contributed by atoms with Gasteiger partial charge in [0.15, 0.2) is 8.32 Å². The molecule has 0 fully saturated rings. The van der Waals surface area contributed by atoms with E-state index in [1.807, 2.05) is 36.4 Å². The summed E-state index contributed by atoms with van der Waals surface area (Å²) < 4.78 is 7.50. The Kier molecular flexibility index (Phi) is 6.88. The second kappa shape index (κ2) is 10.6. The van der Waals surface area contributed by atoms with Gasteiger partial charge in [-0.25, -0.2) is 14.5 Å². The van der Waals surface area contributed by atoms with Crippen molar-refractivity contribution in [3.05, 3.63) is 87.5 Å². The van der Waals surface area contributed by atoms with Gasteiger partial charge in [0, 0.05) is 5.69 Å². The number of nitrogens with one attached hydrogen (secondary N) is 1. The normalized spacial score (nSPS) is 14.7. The highest BCUT2D eigenvalue weighted by atomic mass is 28.4. The Balaban J connectivity index is 1.41. The second-order valence-corrected chi connectivity index (χ2v) is 15.9. The number of nitrogens with zero attached hydrogens (tertiary/aromatic N) is 5. The lowest BCUT2D eigenvalue weighted by Gasteiger charge is -2.31. The fourth-order valence-corrected chi connectivity index (χ4v) is 6.10. The number of anilines is 1. The van der Waals surface area contributed by atoms with Crippen LogP contribution in [0.2, 0.25) is 19.6 Å². The first-order valence-electron chi connectivity index (χ1n) is 13.7. The van der Waals surface area contributed by atoms with E-state index < -0.39 is 14.3 Å². The summed E-state index contributed by atoms with van der Waals surface area (Å²) in [4.78, 5) is 35.0. The number of para-hydroxylation sites is 1. The van der Waals surface area contributed by atoms with Gasteiger partial charge in [0.25, 0.3) is 5.56 Å². The Bertz CT molecular complexity index is 1950. The molecular formula is C31H30N6O4Si. The summed E-state index contributed by atoms with van der Waals surface area (Å²) in [6.45, 7) is 6.83. The van der Waals surface area contributed by atoms with E-state index in [2.05, 4.69) is 45.8 Å². The molecule has 5 aromatic rings. The van der Waals surface area contributed by atoms with E-state index in [0.717, 1.165) is 29.7 Å². The molecule has 6 rings (SSSR count). The Morgan fingerprint density at radius 1 is 1.19 bits per heavy atom. The Hall–Kier alpha value is -4.79. The largest absolute Gasteiger partial charge is 0.478 e. The van der Waals surface area contributed by atoms with Crippen molar-refractivity contribution in [2.75, 3.05) is 11.4 Å². The molecule has 1 atom stereocenters. The van der Waals surface area contributed by atoms with Gasteiger partial charge < -0.3 is 19.4 Å². The van der Waals surface area contributed by atoms with Gasteiger partial charge in [-0.05, 0) is 86.1 Å². The van der Waals surface area contributed by atoms with Crippen LogP contribution >= 0.6 is 0 Å². The molecule has 0 saturated carbocycles. The first kappa shape index (κ1) is 27.4. The summed E-state index contributed by atoms with van der Waals surface area (Å²) in [7, 11) is -1.77. The predicted molar refractivity (Wildman–Crippen MR) is 164 cm³/mol. The Morgan fingerprint density at radius 2 is 2.00 bits per heavy atom. The van der Waals surface area contributed by atoms with Crippen molar-refractivity contribution >= 4 is 41.9 Å². The van der Waals surface area contributed by atoms with E-state index in [0.29, 0.717) is 33.4 Å². The average Bonchev–Trinajstić information content (AvgIpc) is 3.57. The number of rotatable bonds is 8. The number of aromatic carboxylic acids is 1. The van der Waals surface area contributed by atoms with E-state index in [1.54, 1.807) is 22.9 Å². The highest BCUT2D eigenvalue weighted by molar-refractivity contribution is 6.69. The molecule has 10 nitrogen and oxygen atoms in total. The summed E-state index contributed by atoms with van der Waals surface area (Å²) in [6, 6.07) is 16.3. The minimum Gasteiger partial charge on any atom is -0.478 e. The fraction of sp³-hybridized carbons (Fsp3) is 0.258. The van der Waals surface area contributed by atoms with Crippen LogP contribution in [0.25, 0.3) is 27.6 Å². The molecule has 0 saturated heterocycles. The fourth-order valence-electron chi connectivity index (χ4n) is 5.53. The molecule has 0 bridgehead atoms. The van der Waals surface area contributed by atoms with Gasteiger partial charge >= 0.3 is 5.97 Å². The SMILES string of the molecule is C#CCN(c1ccc(C(=O)O)c(-n2nnc3ccccc32)c1)[C@H]1CCc2cc3nc(CO[Si](C)(C)C)[nH]c(=O)c3cc21. The van der Waals surface area contributed by atoms with Crippen molar-refractivity contribution in [2.24, 2.45) is 0 Å². The standard InChI is InChI=1S/C31H30N6O4Si/c1-5-14-36(20-11-12-21(31(39)40)28(16-20)37-27-9-7-6-8-24(27)34-35-37)26-13-10-19-15-25-23(17-22(19)26)30(38)33-29(32-25)18-41-42(2,3)4/h1,6-9,11-12,15-17,26H,10,13-14,18H2,2-4H3,(H,39,40)(H,32,33,38)/t26-/m0/s1. The summed E-state index contributed by atoms with van der Waals surface area (Å²) in [5.41, 5.74) is 5.13. The lowest BCUT2D eigenvalue weighted by Crippen LogP contribution is -2.28. The van der Waals surface area contributed by atoms with E-state index in [1.165, 1.54) is 0 Å². The molecule has 2 aromatic heterocycles. The van der Waals surface area contributed by atoms with Crippen LogP contribution in [-0.4, -0.2) is 50.9 Å². The molecule has 42 heavy (non-hydrogen) atoms. The van der Waals surface area contributed by atoms with Gasteiger partial charge in [-0.3, -0.25) is 4.79 Å². The minimum absolute atomic E-state index is 0.0967. The van der Waals surface area contributed by atoms with Crippen LogP contribution in [0.1, 0.15) is 39.8 Å². The third-order valence-corrected chi connectivity index (χ3v) is 8.47. The number of carboxylic acid groups (broad SMARTS) is 1. The quantitative estimate of drug-likeness (QED) is 0.198. The molecule has 0 amide bonds. The number of aryl methyl sites for hydroxylation is 1. The molecule has 212 valence electrons.